The Balaban J connectivity index is 2.36. The van der Waals surface area contributed by atoms with Gasteiger partial charge in [-0.15, -0.1) is 0 Å². The van der Waals surface area contributed by atoms with Gasteiger partial charge in [-0.1, -0.05) is 24.3 Å². The number of nitrogens with zero attached hydrogens (tertiary/aromatic N) is 1. The van der Waals surface area contributed by atoms with Gasteiger partial charge in [0.1, 0.15) is 0 Å². The van der Waals surface area contributed by atoms with Crippen LogP contribution >= 0.6 is 0 Å². The second-order valence-electron chi connectivity index (χ2n) is 6.18. The predicted molar refractivity (Wildman–Crippen MR) is 93.6 cm³/mol. The van der Waals surface area contributed by atoms with Crippen molar-refractivity contribution in [2.75, 3.05) is 6.54 Å². The monoisotopic (exact) mass is 411 g/mol. The Morgan fingerprint density at radius 2 is 1.48 bits per heavy atom. The molecule has 0 heterocycles. The maximum absolute atomic E-state index is 13.2. The minimum Gasteiger partial charge on any atom is -0.480 e. The van der Waals surface area contributed by atoms with Gasteiger partial charge in [-0.3, -0.25) is 9.69 Å². The van der Waals surface area contributed by atoms with Gasteiger partial charge in [0.05, 0.1) is 23.2 Å². The summed E-state index contributed by atoms with van der Waals surface area (Å²) >= 11 is 0. The molecule has 0 radical (unpaired) electrons. The number of halogens is 3. The number of rotatable bonds is 8. The van der Waals surface area contributed by atoms with Crippen LogP contribution in [-0.2, 0) is 24.1 Å². The lowest BCUT2D eigenvalue weighted by Crippen LogP contribution is -2.30. The van der Waals surface area contributed by atoms with Crippen LogP contribution in [0.5, 0.6) is 0 Å². The van der Waals surface area contributed by atoms with Crippen LogP contribution in [0.25, 0.3) is 0 Å². The SMILES string of the molecule is O=C(O)CN(Cc1ccc(C(=O)O)c(C(=O)O)c1)Cc1ccccc1C(F)(F)F. The first-order valence-corrected chi connectivity index (χ1v) is 8.17. The van der Waals surface area contributed by atoms with E-state index in [0.29, 0.717) is 0 Å². The summed E-state index contributed by atoms with van der Waals surface area (Å²) in [6.07, 6.45) is -4.62. The summed E-state index contributed by atoms with van der Waals surface area (Å²) in [5.74, 6) is -4.22. The smallest absolute Gasteiger partial charge is 0.416 e. The molecule has 0 bridgehead atoms. The molecule has 0 aliphatic heterocycles. The molecule has 0 unspecified atom stereocenters. The Morgan fingerprint density at radius 1 is 0.862 bits per heavy atom. The van der Waals surface area contributed by atoms with Crippen LogP contribution in [0.15, 0.2) is 42.5 Å². The number of aliphatic carboxylic acids is 1. The number of aromatic carboxylic acids is 2. The molecule has 0 fully saturated rings. The zero-order valence-electron chi connectivity index (χ0n) is 14.8. The molecule has 2 rings (SSSR count). The van der Waals surface area contributed by atoms with E-state index in [-0.39, 0.29) is 24.2 Å². The summed E-state index contributed by atoms with van der Waals surface area (Å²) in [5.41, 5.74) is -1.74. The number of carbonyl (C=O) groups is 3. The third-order valence-electron chi connectivity index (χ3n) is 4.03. The number of benzene rings is 2. The highest BCUT2D eigenvalue weighted by Crippen LogP contribution is 2.32. The summed E-state index contributed by atoms with van der Waals surface area (Å²) in [6.45, 7) is -1.15. The van der Waals surface area contributed by atoms with Crippen LogP contribution in [0.4, 0.5) is 13.2 Å². The van der Waals surface area contributed by atoms with Crippen LogP contribution in [-0.4, -0.2) is 44.7 Å². The van der Waals surface area contributed by atoms with Gasteiger partial charge in [-0.2, -0.15) is 13.2 Å². The fraction of sp³-hybridized carbons (Fsp3) is 0.211. The van der Waals surface area contributed by atoms with E-state index in [1.807, 2.05) is 0 Å². The van der Waals surface area contributed by atoms with Crippen LogP contribution in [0.3, 0.4) is 0 Å². The van der Waals surface area contributed by atoms with E-state index in [1.54, 1.807) is 0 Å². The molecule has 2 aromatic carbocycles. The van der Waals surface area contributed by atoms with E-state index < -0.39 is 47.3 Å². The van der Waals surface area contributed by atoms with E-state index in [0.717, 1.165) is 18.2 Å². The average Bonchev–Trinajstić information content (AvgIpc) is 2.60. The predicted octanol–water partition coefficient (Wildman–Crippen LogP) is 3.19. The van der Waals surface area contributed by atoms with E-state index >= 15 is 0 Å². The molecule has 0 saturated carbocycles. The maximum Gasteiger partial charge on any atom is 0.416 e. The fourth-order valence-electron chi connectivity index (χ4n) is 2.85. The fourth-order valence-corrected chi connectivity index (χ4v) is 2.85. The summed E-state index contributed by atoms with van der Waals surface area (Å²) in [7, 11) is 0. The maximum atomic E-state index is 13.2. The first-order chi connectivity index (χ1) is 13.5. The minimum absolute atomic E-state index is 0.137. The summed E-state index contributed by atoms with van der Waals surface area (Å²) in [6, 6.07) is 8.15. The Bertz CT molecular complexity index is 942. The van der Waals surface area contributed by atoms with Gasteiger partial charge in [0.15, 0.2) is 0 Å². The summed E-state index contributed by atoms with van der Waals surface area (Å²) < 4.78 is 39.6. The van der Waals surface area contributed by atoms with Gasteiger partial charge < -0.3 is 15.3 Å². The van der Waals surface area contributed by atoms with Crippen molar-refractivity contribution in [1.82, 2.24) is 4.90 Å². The third kappa shape index (κ3) is 5.79. The quantitative estimate of drug-likeness (QED) is 0.611. The molecule has 2 aromatic rings. The Labute approximate surface area is 162 Å². The van der Waals surface area contributed by atoms with Crippen molar-refractivity contribution >= 4 is 17.9 Å². The van der Waals surface area contributed by atoms with Gasteiger partial charge in [0, 0.05) is 13.1 Å². The molecule has 0 aliphatic carbocycles. The Hall–Kier alpha value is -3.40. The van der Waals surface area contributed by atoms with Crippen molar-refractivity contribution in [3.8, 4) is 0 Å². The molecule has 0 saturated heterocycles. The first kappa shape index (κ1) is 21.9. The summed E-state index contributed by atoms with van der Waals surface area (Å²) in [4.78, 5) is 34.8. The molecule has 0 amide bonds. The van der Waals surface area contributed by atoms with Crippen molar-refractivity contribution < 1.29 is 42.9 Å². The lowest BCUT2D eigenvalue weighted by Gasteiger charge is -2.23. The number of hydrogen-bond donors (Lipinski definition) is 3. The van der Waals surface area contributed by atoms with E-state index in [4.69, 9.17) is 10.2 Å². The summed E-state index contributed by atoms with van der Waals surface area (Å²) in [5, 5.41) is 27.3. The average molecular weight is 411 g/mol. The van der Waals surface area contributed by atoms with Crippen molar-refractivity contribution in [3.05, 3.63) is 70.3 Å². The van der Waals surface area contributed by atoms with Crippen LogP contribution in [0, 0.1) is 0 Å². The van der Waals surface area contributed by atoms with E-state index in [1.165, 1.54) is 29.2 Å². The third-order valence-corrected chi connectivity index (χ3v) is 4.03. The second-order valence-corrected chi connectivity index (χ2v) is 6.18. The Morgan fingerprint density at radius 3 is 2.03 bits per heavy atom. The van der Waals surface area contributed by atoms with E-state index in [9.17, 15) is 32.7 Å². The van der Waals surface area contributed by atoms with Gasteiger partial charge in [-0.05, 0) is 29.3 Å². The molecule has 7 nitrogen and oxygen atoms in total. The standard InChI is InChI=1S/C19H16F3NO6/c20-19(21,22)15-4-2-1-3-12(15)9-23(10-16(24)25)8-11-5-6-13(17(26)27)14(7-11)18(28)29/h1-7H,8-10H2,(H,24,25)(H,26,27)(H,28,29). The molecular weight excluding hydrogens is 395 g/mol. The second kappa shape index (κ2) is 8.74. The van der Waals surface area contributed by atoms with Crippen molar-refractivity contribution in [2.45, 2.75) is 19.3 Å². The van der Waals surface area contributed by atoms with Crippen LogP contribution in [0.2, 0.25) is 0 Å². The normalized spacial score (nSPS) is 11.4. The topological polar surface area (TPSA) is 115 Å². The molecule has 0 aromatic heterocycles. The zero-order chi connectivity index (χ0) is 21.8. The van der Waals surface area contributed by atoms with Crippen LogP contribution < -0.4 is 0 Å². The van der Waals surface area contributed by atoms with Gasteiger partial charge >= 0.3 is 24.1 Å². The lowest BCUT2D eigenvalue weighted by atomic mass is 10.0. The highest BCUT2D eigenvalue weighted by Gasteiger charge is 2.33. The van der Waals surface area contributed by atoms with Crippen LogP contribution in [0.1, 0.15) is 37.4 Å². The molecule has 10 heteroatoms. The van der Waals surface area contributed by atoms with Crippen molar-refractivity contribution in [3.63, 3.8) is 0 Å². The molecule has 154 valence electrons. The molecule has 0 atom stereocenters. The highest BCUT2D eigenvalue weighted by atomic mass is 19.4. The number of carboxylic acid groups (broad SMARTS) is 3. The highest BCUT2D eigenvalue weighted by molar-refractivity contribution is 6.01. The Kier molecular flexibility index (Phi) is 6.60. The molecule has 29 heavy (non-hydrogen) atoms. The number of carboxylic acids is 3. The van der Waals surface area contributed by atoms with Gasteiger partial charge in [0.2, 0.25) is 0 Å². The number of hydrogen-bond acceptors (Lipinski definition) is 4. The molecule has 3 N–H and O–H groups in total. The zero-order valence-corrected chi connectivity index (χ0v) is 14.8. The van der Waals surface area contributed by atoms with Gasteiger partial charge in [-0.25, -0.2) is 9.59 Å². The van der Waals surface area contributed by atoms with E-state index in [2.05, 4.69) is 0 Å². The molecular formula is C19H16F3NO6. The van der Waals surface area contributed by atoms with Gasteiger partial charge in [0.25, 0.3) is 0 Å². The number of alkyl halides is 3. The van der Waals surface area contributed by atoms with Crippen molar-refractivity contribution in [1.29, 1.82) is 0 Å². The van der Waals surface area contributed by atoms with Crippen molar-refractivity contribution in [2.24, 2.45) is 0 Å². The molecule has 0 aliphatic rings. The molecule has 0 spiro atoms. The lowest BCUT2D eigenvalue weighted by molar-refractivity contribution is -0.139. The minimum atomic E-state index is -4.62. The first-order valence-electron chi connectivity index (χ1n) is 8.17. The largest absolute Gasteiger partial charge is 0.480 e.